The monoisotopic (exact) mass is 510 g/mol. The minimum atomic E-state index is -0.442. The molecule has 0 radical (unpaired) electrons. The number of carbonyl (C=O) groups excluding carboxylic acids is 2. The van der Waals surface area contributed by atoms with Crippen LogP contribution in [-0.4, -0.2) is 45.2 Å². The molecule has 0 saturated carbocycles. The average molecular weight is 511 g/mol. The molecule has 0 saturated heterocycles. The maximum atomic E-state index is 12.6. The topological polar surface area (TPSA) is 98.9 Å². The number of methoxy groups -OCH3 is 4. The van der Waals surface area contributed by atoms with Gasteiger partial charge in [-0.1, -0.05) is 0 Å². The van der Waals surface area contributed by atoms with Crippen molar-refractivity contribution in [1.29, 1.82) is 0 Å². The highest BCUT2D eigenvalue weighted by molar-refractivity contribution is 9.10. The zero-order valence-corrected chi connectivity index (χ0v) is 19.8. The van der Waals surface area contributed by atoms with Crippen LogP contribution in [0.4, 0.5) is 0 Å². The second-order valence-electron chi connectivity index (χ2n) is 7.45. The Labute approximate surface area is 196 Å². The van der Waals surface area contributed by atoms with Crippen LogP contribution in [0.15, 0.2) is 34.8 Å². The van der Waals surface area contributed by atoms with E-state index in [0.717, 1.165) is 31.9 Å². The van der Waals surface area contributed by atoms with Crippen LogP contribution in [0.5, 0.6) is 23.0 Å². The molecule has 0 bridgehead atoms. The largest absolute Gasteiger partial charge is 0.496 e. The second kappa shape index (κ2) is 7.70. The van der Waals surface area contributed by atoms with E-state index in [4.69, 9.17) is 18.9 Å². The number of imide groups is 1. The van der Waals surface area contributed by atoms with Crippen LogP contribution in [0.3, 0.4) is 0 Å². The normalized spacial score (nSPS) is 12.8. The predicted molar refractivity (Wildman–Crippen MR) is 127 cm³/mol. The highest BCUT2D eigenvalue weighted by atomic mass is 79.9. The molecule has 0 spiro atoms. The van der Waals surface area contributed by atoms with Gasteiger partial charge in [0.2, 0.25) is 5.75 Å². The molecule has 5 rings (SSSR count). The number of aromatic nitrogens is 1. The first-order valence-corrected chi connectivity index (χ1v) is 10.7. The fourth-order valence-corrected chi connectivity index (χ4v) is 4.86. The van der Waals surface area contributed by atoms with Crippen LogP contribution in [0.1, 0.15) is 20.7 Å². The van der Waals surface area contributed by atoms with E-state index in [2.05, 4.69) is 26.2 Å². The molecular weight excluding hydrogens is 492 g/mol. The Kier molecular flexibility index (Phi) is 4.93. The van der Waals surface area contributed by atoms with E-state index in [1.165, 1.54) is 7.11 Å². The summed E-state index contributed by atoms with van der Waals surface area (Å²) in [7, 11) is 6.21. The Balaban J connectivity index is 1.95. The van der Waals surface area contributed by atoms with Crippen molar-refractivity contribution in [1.82, 2.24) is 10.3 Å². The van der Waals surface area contributed by atoms with E-state index in [1.54, 1.807) is 27.4 Å². The molecule has 1 aliphatic heterocycles. The third-order valence-corrected chi connectivity index (χ3v) is 6.44. The van der Waals surface area contributed by atoms with Gasteiger partial charge in [-0.2, -0.15) is 0 Å². The Bertz CT molecular complexity index is 1470. The van der Waals surface area contributed by atoms with Gasteiger partial charge in [0.05, 0.1) is 49.6 Å². The number of carbonyl (C=O) groups is 2. The number of halogens is 1. The summed E-state index contributed by atoms with van der Waals surface area (Å²) in [5.41, 5.74) is 3.42. The third kappa shape index (κ3) is 3.03. The summed E-state index contributed by atoms with van der Waals surface area (Å²) in [6.45, 7) is 0. The Morgan fingerprint density at radius 3 is 2.03 bits per heavy atom. The van der Waals surface area contributed by atoms with Gasteiger partial charge in [0.1, 0.15) is 5.75 Å². The summed E-state index contributed by atoms with van der Waals surface area (Å²) >= 11 is 3.51. The van der Waals surface area contributed by atoms with Crippen molar-refractivity contribution in [3.05, 3.63) is 45.9 Å². The Morgan fingerprint density at radius 1 is 0.758 bits per heavy atom. The summed E-state index contributed by atoms with van der Waals surface area (Å²) < 4.78 is 22.8. The van der Waals surface area contributed by atoms with Crippen LogP contribution >= 0.6 is 15.9 Å². The minimum absolute atomic E-state index is 0.300. The lowest BCUT2D eigenvalue weighted by Gasteiger charge is -2.15. The van der Waals surface area contributed by atoms with Crippen molar-refractivity contribution in [3.8, 4) is 34.1 Å². The highest BCUT2D eigenvalue weighted by Crippen LogP contribution is 2.46. The summed E-state index contributed by atoms with van der Waals surface area (Å²) in [6, 6.07) is 9.12. The molecule has 8 nitrogen and oxygen atoms in total. The minimum Gasteiger partial charge on any atom is -0.496 e. The molecule has 33 heavy (non-hydrogen) atoms. The van der Waals surface area contributed by atoms with Gasteiger partial charge in [-0.05, 0) is 57.4 Å². The van der Waals surface area contributed by atoms with Crippen molar-refractivity contribution in [2.75, 3.05) is 28.4 Å². The molecule has 1 aliphatic rings. The zero-order chi connectivity index (χ0) is 23.4. The van der Waals surface area contributed by atoms with Crippen molar-refractivity contribution in [2.45, 2.75) is 0 Å². The number of nitrogens with one attached hydrogen (secondary N) is 2. The number of benzene rings is 3. The average Bonchev–Trinajstić information content (AvgIpc) is 3.32. The standard InChI is InChI=1S/C24H19BrN2O6/c1-30-16-8-12-15(9-14(16)25)26-21-19(12)11(7-13-20(21)24(29)27-23(13)28)10-5-17(31-2)22(33-4)18(6-10)32-3/h5-9,26H,1-4H3,(H,27,28,29). The summed E-state index contributed by atoms with van der Waals surface area (Å²) in [5, 5.41) is 4.00. The molecule has 0 atom stereocenters. The van der Waals surface area contributed by atoms with Gasteiger partial charge >= 0.3 is 0 Å². The van der Waals surface area contributed by atoms with Crippen LogP contribution in [0.25, 0.3) is 32.9 Å². The van der Waals surface area contributed by atoms with Gasteiger partial charge in [-0.15, -0.1) is 0 Å². The van der Waals surface area contributed by atoms with Crippen molar-refractivity contribution in [3.63, 3.8) is 0 Å². The number of aromatic amines is 1. The number of hydrogen-bond acceptors (Lipinski definition) is 6. The maximum Gasteiger partial charge on any atom is 0.261 e. The van der Waals surface area contributed by atoms with Crippen LogP contribution in [-0.2, 0) is 0 Å². The number of rotatable bonds is 5. The molecule has 2 amide bonds. The number of amides is 2. The number of H-pyrrole nitrogens is 1. The Morgan fingerprint density at radius 2 is 1.42 bits per heavy atom. The van der Waals surface area contributed by atoms with Crippen LogP contribution in [0, 0.1) is 0 Å². The lowest BCUT2D eigenvalue weighted by atomic mass is 9.93. The van der Waals surface area contributed by atoms with Gasteiger partial charge < -0.3 is 23.9 Å². The third-order valence-electron chi connectivity index (χ3n) is 5.82. The van der Waals surface area contributed by atoms with E-state index in [0.29, 0.717) is 39.6 Å². The molecule has 168 valence electrons. The maximum absolute atomic E-state index is 12.6. The van der Waals surface area contributed by atoms with Crippen LogP contribution in [0.2, 0.25) is 0 Å². The van der Waals surface area contributed by atoms with E-state index in [-0.39, 0.29) is 0 Å². The summed E-state index contributed by atoms with van der Waals surface area (Å²) in [6.07, 6.45) is 0. The molecule has 3 aromatic carbocycles. The quantitative estimate of drug-likeness (QED) is 0.378. The second-order valence-corrected chi connectivity index (χ2v) is 8.31. The number of hydrogen-bond donors (Lipinski definition) is 2. The van der Waals surface area contributed by atoms with Crippen molar-refractivity contribution >= 4 is 49.6 Å². The zero-order valence-electron chi connectivity index (χ0n) is 18.2. The van der Waals surface area contributed by atoms with Gasteiger partial charge in [0.25, 0.3) is 11.8 Å². The predicted octanol–water partition coefficient (Wildman–Crippen LogP) is 4.67. The van der Waals surface area contributed by atoms with E-state index in [1.807, 2.05) is 24.3 Å². The molecule has 0 fully saturated rings. The lowest BCUT2D eigenvalue weighted by molar-refractivity contribution is 0.0880. The Hall–Kier alpha value is -3.72. The molecule has 9 heteroatoms. The molecule has 2 heterocycles. The molecule has 0 unspecified atom stereocenters. The van der Waals surface area contributed by atoms with Gasteiger partial charge in [0, 0.05) is 16.3 Å². The van der Waals surface area contributed by atoms with E-state index >= 15 is 0 Å². The first-order chi connectivity index (χ1) is 15.9. The molecule has 1 aromatic heterocycles. The fraction of sp³-hybridized carbons (Fsp3) is 0.167. The highest BCUT2D eigenvalue weighted by Gasteiger charge is 2.32. The molecule has 2 N–H and O–H groups in total. The van der Waals surface area contributed by atoms with Gasteiger partial charge in [-0.25, -0.2) is 0 Å². The summed E-state index contributed by atoms with van der Waals surface area (Å²) in [4.78, 5) is 28.5. The van der Waals surface area contributed by atoms with E-state index in [9.17, 15) is 9.59 Å². The first kappa shape index (κ1) is 21.1. The van der Waals surface area contributed by atoms with Gasteiger partial charge in [0.15, 0.2) is 11.5 Å². The van der Waals surface area contributed by atoms with Gasteiger partial charge in [-0.3, -0.25) is 14.9 Å². The number of ether oxygens (including phenoxy) is 4. The van der Waals surface area contributed by atoms with Crippen molar-refractivity contribution in [2.24, 2.45) is 0 Å². The first-order valence-electron chi connectivity index (χ1n) is 9.93. The SMILES string of the molecule is COc1cc2c(cc1Br)[nH]c1c3c(cc(-c4cc(OC)c(OC)c(OC)c4)c12)C(=O)NC3=O. The molecule has 4 aromatic rings. The lowest BCUT2D eigenvalue weighted by Crippen LogP contribution is -2.20. The van der Waals surface area contributed by atoms with E-state index < -0.39 is 11.8 Å². The molecule has 0 aliphatic carbocycles. The smallest absolute Gasteiger partial charge is 0.261 e. The molecular formula is C24H19BrN2O6. The summed E-state index contributed by atoms with van der Waals surface area (Å²) in [5.74, 6) is 1.17. The fourth-order valence-electron chi connectivity index (χ4n) is 4.35. The van der Waals surface area contributed by atoms with Crippen molar-refractivity contribution < 1.29 is 28.5 Å². The number of fused-ring (bicyclic) bond motifs is 5. The van der Waals surface area contributed by atoms with Crippen LogP contribution < -0.4 is 24.3 Å².